The predicted octanol–water partition coefficient (Wildman–Crippen LogP) is 2.63. The minimum absolute atomic E-state index is 0.188. The number of hydrogen-bond acceptors (Lipinski definition) is 5. The van der Waals surface area contributed by atoms with Crippen LogP contribution in [0.4, 0.5) is 10.1 Å². The number of carbonyl (C=O) groups excluding carboxylic acids is 2. The lowest BCUT2D eigenvalue weighted by molar-refractivity contribution is -0.146. The van der Waals surface area contributed by atoms with E-state index in [0.29, 0.717) is 5.69 Å². The van der Waals surface area contributed by atoms with Crippen molar-refractivity contribution in [1.29, 1.82) is 0 Å². The van der Waals surface area contributed by atoms with Gasteiger partial charge < -0.3 is 10.1 Å². The van der Waals surface area contributed by atoms with Crippen molar-refractivity contribution in [3.05, 3.63) is 59.9 Å². The highest BCUT2D eigenvalue weighted by atomic mass is 32.2. The van der Waals surface area contributed by atoms with Gasteiger partial charge in [-0.05, 0) is 54.8 Å². The van der Waals surface area contributed by atoms with Gasteiger partial charge in [0.15, 0.2) is 6.61 Å². The molecule has 0 aliphatic heterocycles. The number of sulfonamides is 1. The maximum atomic E-state index is 12.9. The van der Waals surface area contributed by atoms with Crippen LogP contribution in [0.2, 0.25) is 0 Å². The number of ether oxygens (including phenoxy) is 1. The van der Waals surface area contributed by atoms with Gasteiger partial charge in [0.2, 0.25) is 10.0 Å². The van der Waals surface area contributed by atoms with Crippen molar-refractivity contribution >= 4 is 27.6 Å². The van der Waals surface area contributed by atoms with Gasteiger partial charge >= 0.3 is 5.97 Å². The molecular weight excluding hydrogens is 399 g/mol. The summed E-state index contributed by atoms with van der Waals surface area (Å²) in [6, 6.07) is 11.5. The first kappa shape index (κ1) is 22.5. The Morgan fingerprint density at radius 1 is 1.03 bits per heavy atom. The van der Waals surface area contributed by atoms with Crippen LogP contribution in [0.5, 0.6) is 0 Å². The van der Waals surface area contributed by atoms with Crippen molar-refractivity contribution in [2.45, 2.75) is 31.1 Å². The van der Waals surface area contributed by atoms with E-state index in [-0.39, 0.29) is 4.90 Å². The molecule has 7 nitrogen and oxygen atoms in total. The zero-order valence-electron chi connectivity index (χ0n) is 16.0. The molecule has 0 aliphatic carbocycles. The Balaban J connectivity index is 1.75. The van der Waals surface area contributed by atoms with Crippen molar-refractivity contribution in [2.75, 3.05) is 18.5 Å². The van der Waals surface area contributed by atoms with E-state index in [2.05, 4.69) is 12.2 Å². The molecule has 1 amide bonds. The maximum absolute atomic E-state index is 12.9. The molecule has 2 rings (SSSR count). The van der Waals surface area contributed by atoms with Crippen LogP contribution in [-0.2, 0) is 30.8 Å². The number of halogens is 1. The van der Waals surface area contributed by atoms with E-state index in [1.807, 2.05) is 16.9 Å². The lowest BCUT2D eigenvalue weighted by Crippen LogP contribution is -2.32. The summed E-state index contributed by atoms with van der Waals surface area (Å²) in [5.74, 6) is -2.04. The van der Waals surface area contributed by atoms with Gasteiger partial charge in [-0.2, -0.15) is 4.72 Å². The molecule has 0 unspecified atom stereocenters. The molecule has 0 aliphatic rings. The van der Waals surface area contributed by atoms with Crippen molar-refractivity contribution < 1.29 is 27.1 Å². The molecule has 9 heteroatoms. The quantitative estimate of drug-likeness (QED) is 0.573. The summed E-state index contributed by atoms with van der Waals surface area (Å²) >= 11 is 0. The fourth-order valence-corrected chi connectivity index (χ4v) is 3.35. The minimum atomic E-state index is -3.99. The molecule has 0 spiro atoms. The normalized spacial score (nSPS) is 11.1. The first-order valence-electron chi connectivity index (χ1n) is 9.10. The van der Waals surface area contributed by atoms with Gasteiger partial charge in [0.1, 0.15) is 12.4 Å². The molecule has 156 valence electrons. The molecular formula is C20H23FN2O5S. The number of unbranched alkanes of at least 4 members (excludes halogenated alkanes) is 1. The number of amides is 1. The molecule has 0 aromatic heterocycles. The molecule has 2 aromatic carbocycles. The molecule has 0 bridgehead atoms. The highest BCUT2D eigenvalue weighted by Crippen LogP contribution is 2.12. The largest absolute Gasteiger partial charge is 0.455 e. The molecule has 0 fully saturated rings. The van der Waals surface area contributed by atoms with E-state index in [0.717, 1.165) is 43.5 Å². The van der Waals surface area contributed by atoms with Crippen LogP contribution in [0.25, 0.3) is 0 Å². The van der Waals surface area contributed by atoms with E-state index < -0.39 is 40.9 Å². The second-order valence-electron chi connectivity index (χ2n) is 6.29. The standard InChI is InChI=1S/C20H23FN2O5S/c1-2-3-4-15-5-9-17(10-6-15)23-19(24)14-28-20(25)13-22-29(26,27)18-11-7-16(21)8-12-18/h5-12,22H,2-4,13-14H2,1H3,(H,23,24). The number of aryl methyl sites for hydroxylation is 1. The average Bonchev–Trinajstić information content (AvgIpc) is 2.70. The molecule has 29 heavy (non-hydrogen) atoms. The Morgan fingerprint density at radius 2 is 1.69 bits per heavy atom. The third-order valence-corrected chi connectivity index (χ3v) is 5.37. The zero-order chi connectivity index (χ0) is 21.3. The van der Waals surface area contributed by atoms with Crippen molar-refractivity contribution in [3.63, 3.8) is 0 Å². The summed E-state index contributed by atoms with van der Waals surface area (Å²) < 4.78 is 43.7. The van der Waals surface area contributed by atoms with Gasteiger partial charge in [-0.15, -0.1) is 0 Å². The summed E-state index contributed by atoms with van der Waals surface area (Å²) in [6.45, 7) is 0.914. The van der Waals surface area contributed by atoms with Gasteiger partial charge in [0.25, 0.3) is 5.91 Å². The number of benzene rings is 2. The summed E-state index contributed by atoms with van der Waals surface area (Å²) in [4.78, 5) is 23.4. The molecule has 0 radical (unpaired) electrons. The van der Waals surface area contributed by atoms with E-state index in [4.69, 9.17) is 4.74 Å². The van der Waals surface area contributed by atoms with Crippen molar-refractivity contribution in [1.82, 2.24) is 4.72 Å². The van der Waals surface area contributed by atoms with Gasteiger partial charge in [-0.25, -0.2) is 12.8 Å². The Morgan fingerprint density at radius 3 is 2.31 bits per heavy atom. The maximum Gasteiger partial charge on any atom is 0.321 e. The fourth-order valence-electron chi connectivity index (χ4n) is 2.38. The van der Waals surface area contributed by atoms with Crippen LogP contribution in [0.3, 0.4) is 0 Å². The molecule has 2 aromatic rings. The Kier molecular flexibility index (Phi) is 8.29. The molecule has 0 saturated carbocycles. The van der Waals surface area contributed by atoms with E-state index in [1.165, 1.54) is 5.56 Å². The minimum Gasteiger partial charge on any atom is -0.455 e. The first-order chi connectivity index (χ1) is 13.8. The van der Waals surface area contributed by atoms with Crippen molar-refractivity contribution in [3.8, 4) is 0 Å². The number of nitrogens with one attached hydrogen (secondary N) is 2. The highest BCUT2D eigenvalue weighted by Gasteiger charge is 2.16. The van der Waals surface area contributed by atoms with E-state index >= 15 is 0 Å². The predicted molar refractivity (Wildman–Crippen MR) is 106 cm³/mol. The Hall–Kier alpha value is -2.78. The van der Waals surface area contributed by atoms with E-state index in [1.54, 1.807) is 12.1 Å². The third-order valence-electron chi connectivity index (χ3n) is 3.95. The zero-order valence-corrected chi connectivity index (χ0v) is 16.8. The molecule has 0 atom stereocenters. The van der Waals surface area contributed by atoms with Crippen LogP contribution < -0.4 is 10.0 Å². The SMILES string of the molecule is CCCCc1ccc(NC(=O)COC(=O)CNS(=O)(=O)c2ccc(F)cc2)cc1. The average molecular weight is 422 g/mol. The Labute approximate surface area is 169 Å². The summed E-state index contributed by atoms with van der Waals surface area (Å²) in [5, 5.41) is 2.59. The lowest BCUT2D eigenvalue weighted by Gasteiger charge is -2.09. The number of esters is 1. The number of rotatable bonds is 10. The number of anilines is 1. The second kappa shape index (κ2) is 10.7. The van der Waals surface area contributed by atoms with Crippen LogP contribution in [0, 0.1) is 5.82 Å². The number of carbonyl (C=O) groups is 2. The van der Waals surface area contributed by atoms with Crippen LogP contribution in [0.1, 0.15) is 25.3 Å². The number of hydrogen-bond donors (Lipinski definition) is 2. The van der Waals surface area contributed by atoms with E-state index in [9.17, 15) is 22.4 Å². The molecule has 2 N–H and O–H groups in total. The van der Waals surface area contributed by atoms with Crippen molar-refractivity contribution in [2.24, 2.45) is 0 Å². The van der Waals surface area contributed by atoms with Crippen LogP contribution in [-0.4, -0.2) is 33.4 Å². The third kappa shape index (κ3) is 7.63. The van der Waals surface area contributed by atoms with Gasteiger partial charge in [-0.1, -0.05) is 25.5 Å². The summed E-state index contributed by atoms with van der Waals surface area (Å²) in [6.07, 6.45) is 3.16. The lowest BCUT2D eigenvalue weighted by atomic mass is 10.1. The molecule has 0 heterocycles. The molecule has 0 saturated heterocycles. The fraction of sp³-hybridized carbons (Fsp3) is 0.300. The monoisotopic (exact) mass is 422 g/mol. The summed E-state index contributed by atoms with van der Waals surface area (Å²) in [5.41, 5.74) is 1.74. The smallest absolute Gasteiger partial charge is 0.321 e. The highest BCUT2D eigenvalue weighted by molar-refractivity contribution is 7.89. The van der Waals surface area contributed by atoms with Crippen LogP contribution >= 0.6 is 0 Å². The Bertz CT molecular complexity index is 928. The first-order valence-corrected chi connectivity index (χ1v) is 10.6. The van der Waals surface area contributed by atoms with Gasteiger partial charge in [-0.3, -0.25) is 9.59 Å². The van der Waals surface area contributed by atoms with Gasteiger partial charge in [0, 0.05) is 5.69 Å². The van der Waals surface area contributed by atoms with Crippen LogP contribution in [0.15, 0.2) is 53.4 Å². The second-order valence-corrected chi connectivity index (χ2v) is 8.05. The van der Waals surface area contributed by atoms with Gasteiger partial charge in [0.05, 0.1) is 4.90 Å². The summed E-state index contributed by atoms with van der Waals surface area (Å²) in [7, 11) is -3.99. The topological polar surface area (TPSA) is 102 Å².